The Hall–Kier alpha value is -0.120. The number of nitrogens with two attached hydrogens (primary N) is 1. The first-order chi connectivity index (χ1) is 5.38. The van der Waals surface area contributed by atoms with E-state index < -0.39 is 5.79 Å². The van der Waals surface area contributed by atoms with E-state index in [9.17, 15) is 5.11 Å². The average molecular weight is 173 g/mol. The van der Waals surface area contributed by atoms with Crippen molar-refractivity contribution in [3.8, 4) is 0 Å². The van der Waals surface area contributed by atoms with Crippen LogP contribution in [-0.2, 0) is 4.74 Å². The van der Waals surface area contributed by atoms with Crippen LogP contribution >= 0.6 is 0 Å². The van der Waals surface area contributed by atoms with Gasteiger partial charge in [0.25, 0.3) is 0 Å². The van der Waals surface area contributed by atoms with Crippen LogP contribution < -0.4 is 5.73 Å². The molecule has 72 valence electrons. The lowest BCUT2D eigenvalue weighted by atomic mass is 10.1. The van der Waals surface area contributed by atoms with E-state index in [1.807, 2.05) is 0 Å². The highest BCUT2D eigenvalue weighted by Gasteiger charge is 2.33. The normalized spacial score (nSPS) is 37.2. The van der Waals surface area contributed by atoms with Gasteiger partial charge in [0.2, 0.25) is 0 Å². The van der Waals surface area contributed by atoms with Crippen molar-refractivity contribution in [1.29, 1.82) is 0 Å². The lowest BCUT2D eigenvalue weighted by Gasteiger charge is -2.25. The molecule has 0 saturated heterocycles. The van der Waals surface area contributed by atoms with Crippen molar-refractivity contribution in [3.63, 3.8) is 0 Å². The maximum absolute atomic E-state index is 9.40. The van der Waals surface area contributed by atoms with Crippen LogP contribution in [0.3, 0.4) is 0 Å². The van der Waals surface area contributed by atoms with Crippen molar-refractivity contribution in [2.75, 3.05) is 0 Å². The summed E-state index contributed by atoms with van der Waals surface area (Å²) in [6, 6.07) is 0.0893. The van der Waals surface area contributed by atoms with E-state index in [1.54, 1.807) is 13.8 Å². The average Bonchev–Trinajstić information content (AvgIpc) is 2.06. The molecule has 3 N–H and O–H groups in total. The Bertz CT molecular complexity index is 153. The van der Waals surface area contributed by atoms with Crippen molar-refractivity contribution in [2.24, 2.45) is 11.7 Å². The first-order valence-corrected chi connectivity index (χ1v) is 4.54. The maximum Gasteiger partial charge on any atom is 0.160 e. The molecule has 0 radical (unpaired) electrons. The molecule has 3 atom stereocenters. The highest BCUT2D eigenvalue weighted by molar-refractivity contribution is 4.85. The molecule has 1 aliphatic rings. The first-order valence-electron chi connectivity index (χ1n) is 4.54. The fraction of sp³-hybridized carbons (Fsp3) is 1.00. The maximum atomic E-state index is 9.40. The van der Waals surface area contributed by atoms with Crippen molar-refractivity contribution in [1.82, 2.24) is 0 Å². The number of rotatable bonds is 2. The minimum absolute atomic E-state index is 0.0278. The summed E-state index contributed by atoms with van der Waals surface area (Å²) in [5.41, 5.74) is 5.84. The summed E-state index contributed by atoms with van der Waals surface area (Å²) in [6.07, 6.45) is 1.99. The van der Waals surface area contributed by atoms with Crippen LogP contribution in [0, 0.1) is 5.92 Å². The van der Waals surface area contributed by atoms with Gasteiger partial charge in [0, 0.05) is 6.04 Å². The lowest BCUT2D eigenvalue weighted by Crippen LogP contribution is -2.38. The molecule has 1 fully saturated rings. The second kappa shape index (κ2) is 3.32. The zero-order valence-corrected chi connectivity index (χ0v) is 8.08. The zero-order chi connectivity index (χ0) is 9.35. The fourth-order valence-electron chi connectivity index (χ4n) is 1.79. The van der Waals surface area contributed by atoms with E-state index in [0.29, 0.717) is 5.92 Å². The summed E-state index contributed by atoms with van der Waals surface area (Å²) in [5, 5.41) is 9.40. The molecule has 0 spiro atoms. The van der Waals surface area contributed by atoms with E-state index in [1.165, 1.54) is 0 Å². The lowest BCUT2D eigenvalue weighted by molar-refractivity contribution is -0.206. The molecule has 3 unspecified atom stereocenters. The Kier molecular flexibility index (Phi) is 2.76. The third-order valence-electron chi connectivity index (χ3n) is 2.23. The van der Waals surface area contributed by atoms with Crippen LogP contribution in [0.15, 0.2) is 0 Å². The van der Waals surface area contributed by atoms with Gasteiger partial charge >= 0.3 is 0 Å². The molecule has 12 heavy (non-hydrogen) atoms. The largest absolute Gasteiger partial charge is 0.366 e. The van der Waals surface area contributed by atoms with Gasteiger partial charge in [-0.1, -0.05) is 6.92 Å². The molecule has 0 aromatic rings. The van der Waals surface area contributed by atoms with Crippen LogP contribution in [-0.4, -0.2) is 23.0 Å². The number of hydrogen-bond acceptors (Lipinski definition) is 3. The van der Waals surface area contributed by atoms with Crippen molar-refractivity contribution in [3.05, 3.63) is 0 Å². The predicted molar refractivity (Wildman–Crippen MR) is 47.5 cm³/mol. The molecular weight excluding hydrogens is 154 g/mol. The molecule has 0 bridgehead atoms. The monoisotopic (exact) mass is 173 g/mol. The molecule has 0 aliphatic heterocycles. The minimum Gasteiger partial charge on any atom is -0.366 e. The van der Waals surface area contributed by atoms with Gasteiger partial charge in [0.1, 0.15) is 0 Å². The topological polar surface area (TPSA) is 55.5 Å². The van der Waals surface area contributed by atoms with Gasteiger partial charge in [-0.25, -0.2) is 0 Å². The van der Waals surface area contributed by atoms with Gasteiger partial charge in [-0.05, 0) is 32.6 Å². The van der Waals surface area contributed by atoms with E-state index in [-0.39, 0.29) is 12.1 Å². The van der Waals surface area contributed by atoms with Gasteiger partial charge in [0.05, 0.1) is 6.10 Å². The summed E-state index contributed by atoms with van der Waals surface area (Å²) in [6.45, 7) is 5.44. The fourth-order valence-corrected chi connectivity index (χ4v) is 1.79. The minimum atomic E-state index is -1.05. The smallest absolute Gasteiger partial charge is 0.160 e. The summed E-state index contributed by atoms with van der Waals surface area (Å²) in [4.78, 5) is 0. The van der Waals surface area contributed by atoms with E-state index >= 15 is 0 Å². The van der Waals surface area contributed by atoms with Crippen LogP contribution in [0.5, 0.6) is 0 Å². The molecule has 1 rings (SSSR count). The Balaban J connectivity index is 2.43. The molecule has 3 nitrogen and oxygen atoms in total. The molecule has 1 aliphatic carbocycles. The zero-order valence-electron chi connectivity index (χ0n) is 8.08. The van der Waals surface area contributed by atoms with Gasteiger partial charge in [-0.2, -0.15) is 0 Å². The Morgan fingerprint density at radius 2 is 2.00 bits per heavy atom. The van der Waals surface area contributed by atoms with Gasteiger partial charge in [0.15, 0.2) is 5.79 Å². The third-order valence-corrected chi connectivity index (χ3v) is 2.23. The molecule has 0 aromatic carbocycles. The van der Waals surface area contributed by atoms with Gasteiger partial charge < -0.3 is 15.6 Å². The van der Waals surface area contributed by atoms with Crippen LogP contribution in [0.1, 0.15) is 33.6 Å². The first kappa shape index (κ1) is 9.96. The van der Waals surface area contributed by atoms with Crippen LogP contribution in [0.2, 0.25) is 0 Å². The standard InChI is InChI=1S/C9H19NO2/c1-6-4-7(10)8(5-6)12-9(2,3)11/h6-8,11H,4-5,10H2,1-3H3. The molecule has 3 heteroatoms. The van der Waals surface area contributed by atoms with Gasteiger partial charge in [-0.3, -0.25) is 0 Å². The molecule has 0 heterocycles. The molecule has 0 amide bonds. The summed E-state index contributed by atoms with van der Waals surface area (Å²) >= 11 is 0. The molecule has 0 aromatic heterocycles. The van der Waals surface area contributed by atoms with E-state index in [4.69, 9.17) is 10.5 Å². The van der Waals surface area contributed by atoms with E-state index in [0.717, 1.165) is 12.8 Å². The van der Waals surface area contributed by atoms with E-state index in [2.05, 4.69) is 6.92 Å². The molecule has 1 saturated carbocycles. The Morgan fingerprint density at radius 1 is 1.42 bits per heavy atom. The number of aliphatic hydroxyl groups is 1. The molecular formula is C9H19NO2. The number of hydrogen-bond donors (Lipinski definition) is 2. The predicted octanol–water partition coefficient (Wildman–Crippen LogP) is 0.857. The second-order valence-corrected chi connectivity index (χ2v) is 4.34. The summed E-state index contributed by atoms with van der Waals surface area (Å²) in [5.74, 6) is -0.431. The van der Waals surface area contributed by atoms with Gasteiger partial charge in [-0.15, -0.1) is 0 Å². The van der Waals surface area contributed by atoms with Crippen molar-refractivity contribution < 1.29 is 9.84 Å². The summed E-state index contributed by atoms with van der Waals surface area (Å²) < 4.78 is 5.41. The Labute approximate surface area is 73.9 Å². The highest BCUT2D eigenvalue weighted by Crippen LogP contribution is 2.28. The van der Waals surface area contributed by atoms with Crippen molar-refractivity contribution in [2.45, 2.75) is 51.5 Å². The summed E-state index contributed by atoms with van der Waals surface area (Å²) in [7, 11) is 0. The number of ether oxygens (including phenoxy) is 1. The Morgan fingerprint density at radius 3 is 2.33 bits per heavy atom. The quantitative estimate of drug-likeness (QED) is 0.609. The van der Waals surface area contributed by atoms with Crippen LogP contribution in [0.4, 0.5) is 0 Å². The van der Waals surface area contributed by atoms with Crippen molar-refractivity contribution >= 4 is 0 Å². The SMILES string of the molecule is CC1CC(N)C(OC(C)(C)O)C1. The van der Waals surface area contributed by atoms with Crippen LogP contribution in [0.25, 0.3) is 0 Å². The highest BCUT2D eigenvalue weighted by atomic mass is 16.6. The third kappa shape index (κ3) is 2.73. The second-order valence-electron chi connectivity index (χ2n) is 4.34.